The average Bonchev–Trinajstić information content (AvgIpc) is 4.09. The summed E-state index contributed by atoms with van der Waals surface area (Å²) in [7, 11) is 0. The van der Waals surface area contributed by atoms with E-state index in [0.717, 1.165) is 57.2 Å². The van der Waals surface area contributed by atoms with E-state index in [9.17, 15) is 0 Å². The van der Waals surface area contributed by atoms with E-state index in [1.165, 1.54) is 6.33 Å². The molecule has 10 rings (SSSR count). The number of hydrogen-bond donors (Lipinski definition) is 2. The van der Waals surface area contributed by atoms with Crippen molar-refractivity contribution in [1.82, 2.24) is 60.3 Å². The normalized spacial score (nSPS) is 12.1. The number of anilines is 6. The number of aromatic nitrogens is 12. The van der Waals surface area contributed by atoms with Crippen LogP contribution in [0.15, 0.2) is 110 Å². The van der Waals surface area contributed by atoms with Crippen LogP contribution in [0, 0.1) is 39.3 Å². The molecule has 0 spiro atoms. The third kappa shape index (κ3) is 11.3. The van der Waals surface area contributed by atoms with Gasteiger partial charge in [0, 0.05) is 84.4 Å². The number of benzene rings is 2. The molecular weight excluding hydrogens is 1130 g/mol. The maximum atomic E-state index is 5.44. The number of para-hydroxylation sites is 2. The fourth-order valence-corrected chi connectivity index (χ4v) is 6.12. The van der Waals surface area contributed by atoms with Gasteiger partial charge in [-0.05, 0) is 24.3 Å². The second-order valence-electron chi connectivity index (χ2n) is 13.1. The van der Waals surface area contributed by atoms with Crippen molar-refractivity contribution in [3.8, 4) is 0 Å². The molecule has 2 aromatic carbocycles. The Morgan fingerprint density at radius 3 is 1.82 bits per heavy atom. The summed E-state index contributed by atoms with van der Waals surface area (Å²) in [5.41, 5.74) is 12.9. The number of rotatable bonds is 9. The van der Waals surface area contributed by atoms with Crippen LogP contribution in [-0.2, 0) is 68.1 Å². The van der Waals surface area contributed by atoms with Crippen molar-refractivity contribution < 1.29 is 42.1 Å². The van der Waals surface area contributed by atoms with Gasteiger partial charge in [-0.3, -0.25) is 0 Å². The summed E-state index contributed by atoms with van der Waals surface area (Å²) < 4.78 is 0. The predicted molar refractivity (Wildman–Crippen MR) is 219 cm³/mol. The first-order valence-corrected chi connectivity index (χ1v) is 18.6. The molecule has 0 amide bonds. The molecule has 61 heavy (non-hydrogen) atoms. The van der Waals surface area contributed by atoms with Gasteiger partial charge >= 0.3 is 0 Å². The SMILES string of the molecule is Cc1cc(Cc2ncnc(CN)n2)n[n-]1.Cc1cc(Cc2ncnc(CN3[CH-]N(c4[c-]cccc4)c4ncccc43)n2)n[n-]1.[Pt].[Pt].[c-]1ccccc1N1[CH-]Nc2cccnc21. The Morgan fingerprint density at radius 2 is 1.23 bits per heavy atom. The van der Waals surface area contributed by atoms with E-state index in [0.29, 0.717) is 49.2 Å². The molecule has 0 unspecified atom stereocenters. The zero-order valence-electron chi connectivity index (χ0n) is 32.8. The van der Waals surface area contributed by atoms with Gasteiger partial charge in [0.2, 0.25) is 0 Å². The minimum Gasteiger partial charge on any atom is -0.579 e. The summed E-state index contributed by atoms with van der Waals surface area (Å²) in [6.07, 6.45) is 7.68. The summed E-state index contributed by atoms with van der Waals surface area (Å²) in [5.74, 6) is 4.39. The fourth-order valence-electron chi connectivity index (χ4n) is 6.12. The zero-order chi connectivity index (χ0) is 40.4. The minimum atomic E-state index is 0. The molecular formula is C42H37N17Pt2-6. The van der Waals surface area contributed by atoms with Crippen molar-refractivity contribution in [2.24, 2.45) is 5.73 Å². The summed E-state index contributed by atoms with van der Waals surface area (Å²) >= 11 is 0. The van der Waals surface area contributed by atoms with Gasteiger partial charge in [0.1, 0.15) is 47.6 Å². The summed E-state index contributed by atoms with van der Waals surface area (Å²) in [6.45, 7) is 8.53. The van der Waals surface area contributed by atoms with Gasteiger partial charge in [-0.25, -0.2) is 39.9 Å². The van der Waals surface area contributed by atoms with Crippen molar-refractivity contribution in [3.05, 3.63) is 182 Å². The second-order valence-corrected chi connectivity index (χ2v) is 13.1. The molecule has 316 valence electrons. The van der Waals surface area contributed by atoms with Crippen molar-refractivity contribution >= 4 is 34.4 Å². The van der Waals surface area contributed by atoms with Crippen molar-refractivity contribution in [2.75, 3.05) is 20.0 Å². The molecule has 0 fully saturated rings. The van der Waals surface area contributed by atoms with Crippen LogP contribution in [0.2, 0.25) is 0 Å². The molecule has 0 radical (unpaired) electrons. The molecule has 0 saturated heterocycles. The van der Waals surface area contributed by atoms with E-state index >= 15 is 0 Å². The number of nitrogens with two attached hydrogens (primary N) is 1. The smallest absolute Gasteiger partial charge is 0.149 e. The Hall–Kier alpha value is -6.28. The molecule has 0 aliphatic carbocycles. The molecule has 0 atom stereocenters. The van der Waals surface area contributed by atoms with E-state index in [4.69, 9.17) is 5.73 Å². The molecule has 6 aromatic heterocycles. The van der Waals surface area contributed by atoms with E-state index in [1.54, 1.807) is 18.7 Å². The molecule has 19 heteroatoms. The predicted octanol–water partition coefficient (Wildman–Crippen LogP) is 4.74. The van der Waals surface area contributed by atoms with Crippen LogP contribution >= 0.6 is 0 Å². The molecule has 3 N–H and O–H groups in total. The van der Waals surface area contributed by atoms with Crippen LogP contribution in [0.5, 0.6) is 0 Å². The first-order chi connectivity index (χ1) is 29.0. The number of fused-ring (bicyclic) bond motifs is 2. The maximum absolute atomic E-state index is 5.44. The van der Waals surface area contributed by atoms with Gasteiger partial charge in [0.05, 0.1) is 18.8 Å². The third-order valence-electron chi connectivity index (χ3n) is 8.77. The zero-order valence-corrected chi connectivity index (χ0v) is 37.3. The summed E-state index contributed by atoms with van der Waals surface area (Å²) in [6, 6.07) is 33.8. The van der Waals surface area contributed by atoms with E-state index < -0.39 is 0 Å². The van der Waals surface area contributed by atoms with Crippen LogP contribution in [0.4, 0.5) is 34.4 Å². The monoisotopic (exact) mass is 1170 g/mol. The van der Waals surface area contributed by atoms with Crippen molar-refractivity contribution in [2.45, 2.75) is 39.8 Å². The average molecular weight is 1170 g/mol. The maximum Gasteiger partial charge on any atom is 0.149 e. The summed E-state index contributed by atoms with van der Waals surface area (Å²) in [4.78, 5) is 40.3. The molecule has 8 heterocycles. The van der Waals surface area contributed by atoms with Gasteiger partial charge in [-0.2, -0.15) is 67.3 Å². The summed E-state index contributed by atoms with van der Waals surface area (Å²) in [5, 5.41) is 19.2. The first-order valence-electron chi connectivity index (χ1n) is 18.6. The first kappa shape index (κ1) is 44.3. The number of pyridine rings is 2. The van der Waals surface area contributed by atoms with Gasteiger partial charge in [0.25, 0.3) is 0 Å². The van der Waals surface area contributed by atoms with Crippen molar-refractivity contribution in [3.63, 3.8) is 0 Å². The quantitative estimate of drug-likeness (QED) is 0.187. The van der Waals surface area contributed by atoms with E-state index in [-0.39, 0.29) is 42.1 Å². The molecule has 0 saturated carbocycles. The topological polar surface area (TPSA) is 205 Å². The van der Waals surface area contributed by atoms with Gasteiger partial charge in [-0.1, -0.05) is 26.0 Å². The van der Waals surface area contributed by atoms with Gasteiger partial charge in [-0.15, -0.1) is 29.4 Å². The number of nitrogens with one attached hydrogen (secondary N) is 1. The fraction of sp³-hybridized carbons (Fsp3) is 0.143. The standard InChI is InChI=1S/C21H17N8.C12H9N3.C9H11N6.2Pt/c1-15-10-16(27-26-15)11-19-23-13-24-20(25-19)12-28-14-29(17-6-3-2-4-7-17)21-18(28)8-5-9-22-21;1-2-5-10(6-3-1)15-9-14-11-7-4-8-13-12(11)15;1-6-2-7(15-14-6)3-8-11-5-12-9(4-10)13-8;;/h2-6,8-10,13-14H,11-12H2,1H3;1-5,7-9,14H;2,5H,3-4,10H2,1H3;;/q-3;-2;-1;;. The number of aryl methyl sites for hydroxylation is 2. The number of hydrogen-bond acceptors (Lipinski definition) is 15. The Bertz CT molecular complexity index is 2590. The molecule has 17 nitrogen and oxygen atoms in total. The Labute approximate surface area is 381 Å². The van der Waals surface area contributed by atoms with Crippen LogP contribution in [0.1, 0.15) is 46.1 Å². The second kappa shape index (κ2) is 21.3. The van der Waals surface area contributed by atoms with Gasteiger partial charge in [0.15, 0.2) is 0 Å². The molecule has 8 aromatic rings. The Morgan fingerprint density at radius 1 is 0.656 bits per heavy atom. The number of nitrogens with zero attached hydrogens (tertiary/aromatic N) is 15. The third-order valence-corrected chi connectivity index (χ3v) is 8.77. The van der Waals surface area contributed by atoms with Crippen molar-refractivity contribution in [1.29, 1.82) is 0 Å². The Balaban J connectivity index is 0.000000165. The van der Waals surface area contributed by atoms with Gasteiger partial charge < -0.3 is 46.1 Å². The molecule has 2 aliphatic rings. The van der Waals surface area contributed by atoms with Crippen LogP contribution in [0.25, 0.3) is 0 Å². The minimum absolute atomic E-state index is 0. The van der Waals surface area contributed by atoms with Crippen LogP contribution < -0.4 is 35.9 Å². The molecule has 0 bridgehead atoms. The van der Waals surface area contributed by atoms with E-state index in [1.807, 2.05) is 122 Å². The van der Waals surface area contributed by atoms with E-state index in [2.05, 4.69) is 82.6 Å². The Kier molecular flexibility index (Phi) is 15.5. The van der Waals surface area contributed by atoms with Crippen LogP contribution in [-0.4, -0.2) is 50.1 Å². The van der Waals surface area contributed by atoms with Crippen LogP contribution in [0.3, 0.4) is 0 Å². The largest absolute Gasteiger partial charge is 0.579 e. The molecule has 2 aliphatic heterocycles.